The van der Waals surface area contributed by atoms with Gasteiger partial charge >= 0.3 is 6.18 Å². The maximum atomic E-state index is 12.6. The molecule has 3 aromatic rings. The summed E-state index contributed by atoms with van der Waals surface area (Å²) in [4.78, 5) is 11.8. The number of nitrogens with zero attached hydrogens (tertiary/aromatic N) is 2. The molecule has 0 aliphatic carbocycles. The maximum Gasteiger partial charge on any atom is 0.397 e. The van der Waals surface area contributed by atoms with Crippen molar-refractivity contribution in [1.82, 2.24) is 15.1 Å². The van der Waals surface area contributed by atoms with E-state index in [0.717, 1.165) is 22.0 Å². The van der Waals surface area contributed by atoms with Crippen LogP contribution in [0.15, 0.2) is 54.7 Å². The van der Waals surface area contributed by atoms with Gasteiger partial charge < -0.3 is 5.32 Å². The van der Waals surface area contributed by atoms with Gasteiger partial charge in [-0.15, -0.1) is 0 Å². The lowest BCUT2D eigenvalue weighted by molar-refractivity contribution is -0.154. The molecule has 31 heavy (non-hydrogen) atoms. The number of aromatic nitrogens is 2. The van der Waals surface area contributed by atoms with E-state index in [1.165, 1.54) is 0 Å². The van der Waals surface area contributed by atoms with E-state index >= 15 is 0 Å². The van der Waals surface area contributed by atoms with Gasteiger partial charge in [0.1, 0.15) is 6.42 Å². The summed E-state index contributed by atoms with van der Waals surface area (Å²) in [5.41, 5.74) is 2.55. The first kappa shape index (κ1) is 22.8. The summed E-state index contributed by atoms with van der Waals surface area (Å²) in [6, 6.07) is 16.2. The van der Waals surface area contributed by atoms with Crippen LogP contribution in [0.2, 0.25) is 0 Å². The van der Waals surface area contributed by atoms with E-state index in [-0.39, 0.29) is 18.5 Å². The van der Waals surface area contributed by atoms with Crippen LogP contribution in [-0.2, 0) is 4.79 Å². The van der Waals surface area contributed by atoms with Crippen LogP contribution < -0.4 is 5.32 Å². The highest BCUT2D eigenvalue weighted by molar-refractivity contribution is 5.80. The quantitative estimate of drug-likeness (QED) is 0.511. The highest BCUT2D eigenvalue weighted by atomic mass is 19.4. The Balaban J connectivity index is 1.95. The van der Waals surface area contributed by atoms with Crippen molar-refractivity contribution >= 4 is 16.8 Å². The molecule has 0 aliphatic heterocycles. The predicted molar refractivity (Wildman–Crippen MR) is 116 cm³/mol. The molecule has 1 unspecified atom stereocenters. The van der Waals surface area contributed by atoms with Gasteiger partial charge in [0.25, 0.3) is 0 Å². The maximum absolute atomic E-state index is 12.6. The lowest BCUT2D eigenvalue weighted by Gasteiger charge is -2.35. The Morgan fingerprint density at radius 2 is 1.74 bits per heavy atom. The molecule has 0 bridgehead atoms. The molecule has 0 fully saturated rings. The van der Waals surface area contributed by atoms with Crippen molar-refractivity contribution in [3.63, 3.8) is 0 Å². The zero-order valence-electron chi connectivity index (χ0n) is 18.2. The van der Waals surface area contributed by atoms with Crippen LogP contribution in [0.1, 0.15) is 57.2 Å². The van der Waals surface area contributed by atoms with Crippen LogP contribution in [0.5, 0.6) is 0 Å². The second-order valence-corrected chi connectivity index (χ2v) is 8.90. The minimum atomic E-state index is -4.52. The molecular formula is C24H28F3N3O. The molecule has 1 aromatic heterocycles. The van der Waals surface area contributed by atoms with Crippen LogP contribution in [0.3, 0.4) is 0 Å². The SMILES string of the molecule is CC(C)n1ncc2cc(C(c3ccccc3)C(C)(C)CNC(=O)CC(F)(F)F)ccc21. The Morgan fingerprint density at radius 1 is 1.06 bits per heavy atom. The Hall–Kier alpha value is -2.83. The number of carbonyl (C=O) groups is 1. The fourth-order valence-corrected chi connectivity index (χ4v) is 4.08. The van der Waals surface area contributed by atoms with Crippen molar-refractivity contribution in [2.45, 2.75) is 52.3 Å². The van der Waals surface area contributed by atoms with E-state index in [2.05, 4.69) is 30.3 Å². The van der Waals surface area contributed by atoms with Gasteiger partial charge in [-0.3, -0.25) is 9.48 Å². The number of nitrogens with one attached hydrogen (secondary N) is 1. The number of carbonyl (C=O) groups excluding carboxylic acids is 1. The summed E-state index contributed by atoms with van der Waals surface area (Å²) in [5, 5.41) is 7.96. The van der Waals surface area contributed by atoms with E-state index in [9.17, 15) is 18.0 Å². The normalized spacial score (nSPS) is 13.5. The van der Waals surface area contributed by atoms with Gasteiger partial charge in [-0.1, -0.05) is 50.2 Å². The third-order valence-electron chi connectivity index (χ3n) is 5.46. The van der Waals surface area contributed by atoms with E-state index in [4.69, 9.17) is 0 Å². The molecule has 0 aliphatic rings. The van der Waals surface area contributed by atoms with E-state index in [0.29, 0.717) is 0 Å². The lowest BCUT2D eigenvalue weighted by Crippen LogP contribution is -2.39. The van der Waals surface area contributed by atoms with Crippen LogP contribution in [-0.4, -0.2) is 28.4 Å². The highest BCUT2D eigenvalue weighted by Crippen LogP contribution is 2.41. The Bertz CT molecular complexity index is 1040. The Labute approximate surface area is 180 Å². The molecule has 0 spiro atoms. The molecule has 1 amide bonds. The van der Waals surface area contributed by atoms with Crippen LogP contribution in [0, 0.1) is 5.41 Å². The van der Waals surface area contributed by atoms with Crippen LogP contribution >= 0.6 is 0 Å². The minimum Gasteiger partial charge on any atom is -0.355 e. The number of hydrogen-bond acceptors (Lipinski definition) is 2. The van der Waals surface area contributed by atoms with Crippen molar-refractivity contribution < 1.29 is 18.0 Å². The van der Waals surface area contributed by atoms with Gasteiger partial charge in [0.15, 0.2) is 0 Å². The van der Waals surface area contributed by atoms with Gasteiger partial charge in [0, 0.05) is 23.9 Å². The van der Waals surface area contributed by atoms with E-state index in [1.54, 1.807) is 0 Å². The fourth-order valence-electron chi connectivity index (χ4n) is 4.08. The fraction of sp³-hybridized carbons (Fsp3) is 0.417. The van der Waals surface area contributed by atoms with Gasteiger partial charge in [0.05, 0.1) is 11.7 Å². The topological polar surface area (TPSA) is 46.9 Å². The summed E-state index contributed by atoms with van der Waals surface area (Å²) in [6.45, 7) is 8.17. The average Bonchev–Trinajstić information content (AvgIpc) is 3.10. The first-order chi connectivity index (χ1) is 14.5. The van der Waals surface area contributed by atoms with Crippen LogP contribution in [0.4, 0.5) is 13.2 Å². The monoisotopic (exact) mass is 431 g/mol. The molecule has 2 aromatic carbocycles. The van der Waals surface area contributed by atoms with Gasteiger partial charge in [-0.2, -0.15) is 18.3 Å². The van der Waals surface area contributed by atoms with Gasteiger partial charge in [0.2, 0.25) is 5.91 Å². The summed E-state index contributed by atoms with van der Waals surface area (Å²) >= 11 is 0. The van der Waals surface area contributed by atoms with Gasteiger partial charge in [-0.25, -0.2) is 0 Å². The van der Waals surface area contributed by atoms with E-state index < -0.39 is 23.9 Å². The first-order valence-electron chi connectivity index (χ1n) is 10.3. The third-order valence-corrected chi connectivity index (χ3v) is 5.46. The number of halogens is 3. The molecule has 0 saturated heterocycles. The Kier molecular flexibility index (Phi) is 6.43. The first-order valence-corrected chi connectivity index (χ1v) is 10.3. The second kappa shape index (κ2) is 8.73. The van der Waals surface area contributed by atoms with Crippen molar-refractivity contribution in [3.8, 4) is 0 Å². The van der Waals surface area contributed by atoms with Crippen molar-refractivity contribution in [3.05, 3.63) is 65.9 Å². The second-order valence-electron chi connectivity index (χ2n) is 8.90. The molecule has 7 heteroatoms. The smallest absolute Gasteiger partial charge is 0.355 e. The number of rotatable bonds is 7. The average molecular weight is 432 g/mol. The van der Waals surface area contributed by atoms with Crippen LogP contribution in [0.25, 0.3) is 10.9 Å². The standard InChI is InChI=1S/C24H28F3N3O/c1-16(2)30-20-11-10-18(12-19(20)14-29-30)22(17-8-6-5-7-9-17)23(3,4)15-28-21(31)13-24(25,26)27/h5-12,14,16,22H,13,15H2,1-4H3,(H,28,31). The summed E-state index contributed by atoms with van der Waals surface area (Å²) in [5.74, 6) is -1.15. The number of fused-ring (bicyclic) bond motifs is 1. The zero-order chi connectivity index (χ0) is 22.8. The summed E-state index contributed by atoms with van der Waals surface area (Å²) in [6.07, 6.45) is -4.16. The lowest BCUT2D eigenvalue weighted by atomic mass is 9.71. The molecular weight excluding hydrogens is 403 g/mol. The molecule has 3 rings (SSSR count). The summed E-state index contributed by atoms with van der Waals surface area (Å²) in [7, 11) is 0. The van der Waals surface area contributed by atoms with Crippen molar-refractivity contribution in [2.24, 2.45) is 5.41 Å². The molecule has 1 heterocycles. The Morgan fingerprint density at radius 3 is 2.35 bits per heavy atom. The molecule has 166 valence electrons. The number of benzene rings is 2. The van der Waals surface area contributed by atoms with Crippen molar-refractivity contribution in [1.29, 1.82) is 0 Å². The predicted octanol–water partition coefficient (Wildman–Crippen LogP) is 5.84. The molecule has 4 nitrogen and oxygen atoms in total. The molecule has 1 N–H and O–H groups in total. The molecule has 0 saturated carbocycles. The molecule has 1 atom stereocenters. The number of alkyl halides is 3. The highest BCUT2D eigenvalue weighted by Gasteiger charge is 2.35. The number of amides is 1. The number of hydrogen-bond donors (Lipinski definition) is 1. The van der Waals surface area contributed by atoms with Gasteiger partial charge in [-0.05, 0) is 42.5 Å². The largest absolute Gasteiger partial charge is 0.397 e. The van der Waals surface area contributed by atoms with E-state index in [1.807, 2.05) is 67.2 Å². The zero-order valence-corrected chi connectivity index (χ0v) is 18.2. The molecule has 0 radical (unpaired) electrons. The third kappa shape index (κ3) is 5.46. The van der Waals surface area contributed by atoms with Crippen molar-refractivity contribution in [2.75, 3.05) is 6.54 Å². The summed E-state index contributed by atoms with van der Waals surface area (Å²) < 4.78 is 39.6. The minimum absolute atomic E-state index is 0.116.